The molecule has 0 heterocycles. The second-order valence-electron chi connectivity index (χ2n) is 13.9. The molecule has 1 N–H and O–H groups in total. The fourth-order valence-electron chi connectivity index (χ4n) is 6.19. The van der Waals surface area contributed by atoms with Crippen molar-refractivity contribution in [2.45, 2.75) is 232 Å². The number of hydrogen-bond donors (Lipinski definition) is 1. The quantitative estimate of drug-likeness (QED) is 0.0684. The predicted molar refractivity (Wildman–Crippen MR) is 201 cm³/mol. The molecule has 46 heavy (non-hydrogen) atoms. The highest BCUT2D eigenvalue weighted by Crippen LogP contribution is 2.15. The van der Waals surface area contributed by atoms with Crippen molar-refractivity contribution in [3.8, 4) is 0 Å². The van der Waals surface area contributed by atoms with Gasteiger partial charge in [0.05, 0.1) is 0 Å². The predicted octanol–water partition coefficient (Wildman–Crippen LogP) is 14.2. The third-order valence-corrected chi connectivity index (χ3v) is 9.30. The Balaban J connectivity index is 4.04. The third-order valence-electron chi connectivity index (χ3n) is 9.30. The first-order valence-corrected chi connectivity index (χ1v) is 20.5. The normalized spacial score (nSPS) is 11.7. The largest absolute Gasteiger partial charge is 0.481 e. The Bertz CT molecular complexity index is 659. The van der Waals surface area contributed by atoms with Gasteiger partial charge in [-0.05, 0) is 38.5 Å². The first kappa shape index (κ1) is 44.4. The van der Waals surface area contributed by atoms with Crippen LogP contribution in [0.3, 0.4) is 0 Å². The minimum atomic E-state index is -0.787. The van der Waals surface area contributed by atoms with Crippen LogP contribution in [0.15, 0.2) is 24.6 Å². The Morgan fingerprint density at radius 2 is 0.696 bits per heavy atom. The fraction of sp³-hybridized carbons (Fsp3) is 0.857. The van der Waals surface area contributed by atoms with Gasteiger partial charge < -0.3 is 5.11 Å². The topological polar surface area (TPSA) is 57.6 Å². The van der Waals surface area contributed by atoms with Gasteiger partial charge in [0, 0.05) is 25.2 Å². The van der Waals surface area contributed by atoms with Crippen LogP contribution in [-0.4, -0.2) is 21.9 Å². The molecule has 0 atom stereocenters. The molecule has 0 aromatic rings. The van der Waals surface area contributed by atoms with E-state index in [4.69, 9.17) is 5.11 Å². The van der Waals surface area contributed by atoms with Crippen LogP contribution in [0.1, 0.15) is 232 Å². The molecule has 0 aliphatic carbocycles. The van der Waals surface area contributed by atoms with Gasteiger partial charge in [-0.15, -0.1) is 0 Å². The minimum Gasteiger partial charge on any atom is -0.481 e. The van der Waals surface area contributed by atoms with Crippen molar-refractivity contribution in [2.24, 2.45) is 0 Å². The van der Waals surface area contributed by atoms with E-state index >= 15 is 0 Å². The molecule has 270 valence electrons. The molecule has 4 heteroatoms. The van der Waals surface area contributed by atoms with E-state index in [9.17, 15) is 9.59 Å². The van der Waals surface area contributed by atoms with Crippen LogP contribution in [0.25, 0.3) is 0 Å². The lowest BCUT2D eigenvalue weighted by Gasteiger charge is -2.14. The molecule has 0 aromatic carbocycles. The number of amides is 1. The summed E-state index contributed by atoms with van der Waals surface area (Å²) in [6.07, 6.45) is 50.2. The maximum Gasteiger partial charge on any atom is 0.303 e. The first-order chi connectivity index (χ1) is 22.6. The number of nitrogens with zero attached hydrogens (tertiary/aromatic N) is 1. The summed E-state index contributed by atoms with van der Waals surface area (Å²) in [6, 6.07) is 0. The van der Waals surface area contributed by atoms with Gasteiger partial charge in [-0.1, -0.05) is 193 Å². The van der Waals surface area contributed by atoms with Crippen molar-refractivity contribution in [2.75, 3.05) is 0 Å². The molecule has 0 aliphatic heterocycles. The standard InChI is InChI=1S/C42H79NO3/c1-3-5-7-9-11-13-15-17-19-21-23-25-27-29-31-35-39-43(41(44)37-33-34-38-42(45)46)40-36-32-30-28-26-24-22-20-18-16-14-12-10-8-6-4-2/h35-36,39-40H,3-34,37-38H2,1-2H3,(H,45,46). The molecule has 0 aromatic heterocycles. The van der Waals surface area contributed by atoms with Gasteiger partial charge in [0.1, 0.15) is 0 Å². The molecule has 1 amide bonds. The highest BCUT2D eigenvalue weighted by molar-refractivity contribution is 5.78. The van der Waals surface area contributed by atoms with Crippen molar-refractivity contribution in [1.29, 1.82) is 0 Å². The number of unbranched alkanes of at least 4 members (excludes halogenated alkanes) is 29. The van der Waals surface area contributed by atoms with Crippen LogP contribution < -0.4 is 0 Å². The van der Waals surface area contributed by atoms with E-state index in [0.29, 0.717) is 19.3 Å². The fourth-order valence-corrected chi connectivity index (χ4v) is 6.19. The molecule has 0 aliphatic rings. The van der Waals surface area contributed by atoms with Crippen molar-refractivity contribution < 1.29 is 14.7 Å². The molecule has 0 rings (SSSR count). The van der Waals surface area contributed by atoms with E-state index in [2.05, 4.69) is 26.0 Å². The van der Waals surface area contributed by atoms with E-state index in [1.165, 1.54) is 180 Å². The molecule has 0 radical (unpaired) electrons. The summed E-state index contributed by atoms with van der Waals surface area (Å²) in [6.45, 7) is 4.56. The number of allylic oxidation sites excluding steroid dienone is 2. The summed E-state index contributed by atoms with van der Waals surface area (Å²) in [5.74, 6) is -0.717. The van der Waals surface area contributed by atoms with Crippen molar-refractivity contribution in [3.63, 3.8) is 0 Å². The van der Waals surface area contributed by atoms with E-state index in [1.54, 1.807) is 4.90 Å². The lowest BCUT2D eigenvalue weighted by atomic mass is 10.0. The van der Waals surface area contributed by atoms with Gasteiger partial charge in [-0.3, -0.25) is 14.5 Å². The monoisotopic (exact) mass is 646 g/mol. The molecule has 0 saturated carbocycles. The molecular weight excluding hydrogens is 566 g/mol. The summed E-state index contributed by atoms with van der Waals surface area (Å²) in [7, 11) is 0. The number of rotatable bonds is 37. The van der Waals surface area contributed by atoms with Crippen molar-refractivity contribution in [1.82, 2.24) is 4.90 Å². The average molecular weight is 646 g/mol. The van der Waals surface area contributed by atoms with E-state index in [-0.39, 0.29) is 12.3 Å². The van der Waals surface area contributed by atoms with Gasteiger partial charge >= 0.3 is 5.97 Å². The smallest absolute Gasteiger partial charge is 0.303 e. The Kier molecular flexibility index (Phi) is 36.6. The summed E-state index contributed by atoms with van der Waals surface area (Å²) >= 11 is 0. The number of carboxylic acid groups (broad SMARTS) is 1. The van der Waals surface area contributed by atoms with Gasteiger partial charge in [-0.2, -0.15) is 0 Å². The SMILES string of the molecule is CCCCCCCCCCCCCCCCC=CN(C=CCCCCCCCCCCCCCCCC)C(=O)CCCCC(=O)O. The lowest BCUT2D eigenvalue weighted by molar-refractivity contribution is -0.137. The van der Waals surface area contributed by atoms with E-state index in [1.807, 2.05) is 12.4 Å². The first-order valence-electron chi connectivity index (χ1n) is 20.5. The lowest BCUT2D eigenvalue weighted by Crippen LogP contribution is -2.19. The van der Waals surface area contributed by atoms with Gasteiger partial charge in [-0.25, -0.2) is 0 Å². The number of carbonyl (C=O) groups excluding carboxylic acids is 1. The van der Waals surface area contributed by atoms with Crippen LogP contribution in [0.2, 0.25) is 0 Å². The maximum absolute atomic E-state index is 12.8. The Labute approximate surface area is 287 Å². The van der Waals surface area contributed by atoms with E-state index in [0.717, 1.165) is 12.8 Å². The Morgan fingerprint density at radius 3 is 1.00 bits per heavy atom. The zero-order valence-corrected chi connectivity index (χ0v) is 31.1. The highest BCUT2D eigenvalue weighted by atomic mass is 16.4. The third kappa shape index (κ3) is 35.3. The van der Waals surface area contributed by atoms with Crippen molar-refractivity contribution >= 4 is 11.9 Å². The minimum absolute atomic E-state index is 0.0693. The summed E-state index contributed by atoms with van der Waals surface area (Å²) < 4.78 is 0. The van der Waals surface area contributed by atoms with Crippen molar-refractivity contribution in [3.05, 3.63) is 24.6 Å². The van der Waals surface area contributed by atoms with Gasteiger partial charge in [0.25, 0.3) is 0 Å². The Morgan fingerprint density at radius 1 is 0.413 bits per heavy atom. The molecular formula is C42H79NO3. The molecule has 0 saturated heterocycles. The van der Waals surface area contributed by atoms with E-state index < -0.39 is 5.97 Å². The average Bonchev–Trinajstić information content (AvgIpc) is 3.05. The zero-order valence-electron chi connectivity index (χ0n) is 31.1. The van der Waals surface area contributed by atoms with Crippen LogP contribution in [-0.2, 0) is 9.59 Å². The van der Waals surface area contributed by atoms with Crippen LogP contribution in [0.5, 0.6) is 0 Å². The second kappa shape index (κ2) is 37.9. The van der Waals surface area contributed by atoms with Gasteiger partial charge in [0.15, 0.2) is 0 Å². The Hall–Kier alpha value is -1.58. The summed E-state index contributed by atoms with van der Waals surface area (Å²) in [5, 5.41) is 8.89. The number of hydrogen-bond acceptors (Lipinski definition) is 2. The number of aliphatic carboxylic acids is 1. The van der Waals surface area contributed by atoms with Crippen LogP contribution in [0, 0.1) is 0 Å². The van der Waals surface area contributed by atoms with Crippen LogP contribution >= 0.6 is 0 Å². The summed E-state index contributed by atoms with van der Waals surface area (Å²) in [4.78, 5) is 25.4. The number of carbonyl (C=O) groups is 2. The zero-order chi connectivity index (χ0) is 33.6. The second-order valence-corrected chi connectivity index (χ2v) is 13.9. The molecule has 0 unspecified atom stereocenters. The van der Waals surface area contributed by atoms with Gasteiger partial charge in [0.2, 0.25) is 5.91 Å². The maximum atomic E-state index is 12.8. The summed E-state index contributed by atoms with van der Waals surface area (Å²) in [5.41, 5.74) is 0. The molecule has 0 fully saturated rings. The molecule has 0 bridgehead atoms. The molecule has 0 spiro atoms. The number of carboxylic acids is 1. The van der Waals surface area contributed by atoms with Crippen LogP contribution in [0.4, 0.5) is 0 Å². The molecule has 4 nitrogen and oxygen atoms in total. The highest BCUT2D eigenvalue weighted by Gasteiger charge is 2.08.